The van der Waals surface area contributed by atoms with Crippen molar-refractivity contribution in [2.45, 2.75) is 13.3 Å². The van der Waals surface area contributed by atoms with Crippen LogP contribution in [0, 0.1) is 0 Å². The van der Waals surface area contributed by atoms with E-state index in [-0.39, 0.29) is 5.56 Å². The van der Waals surface area contributed by atoms with Gasteiger partial charge in [0.15, 0.2) is 5.65 Å². The Morgan fingerprint density at radius 3 is 2.90 bits per heavy atom. The summed E-state index contributed by atoms with van der Waals surface area (Å²) in [6.45, 7) is 2.66. The van der Waals surface area contributed by atoms with Gasteiger partial charge in [-0.2, -0.15) is 0 Å². The SMILES string of the molecule is CCCOc1ccccc1-c1nc2ncccc2c(=O)[nH]1. The molecule has 1 N–H and O–H groups in total. The number of nitrogens with one attached hydrogen (secondary N) is 1. The summed E-state index contributed by atoms with van der Waals surface area (Å²) >= 11 is 0. The summed E-state index contributed by atoms with van der Waals surface area (Å²) in [6.07, 6.45) is 2.54. The molecule has 2 aromatic heterocycles. The zero-order valence-electron chi connectivity index (χ0n) is 11.7. The molecule has 106 valence electrons. The molecular formula is C16H15N3O2. The maximum atomic E-state index is 12.1. The third-order valence-electron chi connectivity index (χ3n) is 3.08. The summed E-state index contributed by atoms with van der Waals surface area (Å²) < 4.78 is 5.71. The number of fused-ring (bicyclic) bond motifs is 1. The molecule has 5 nitrogen and oxygen atoms in total. The summed E-state index contributed by atoms with van der Waals surface area (Å²) in [4.78, 5) is 23.5. The van der Waals surface area contributed by atoms with E-state index in [1.165, 1.54) is 0 Å². The molecule has 0 spiro atoms. The molecular weight excluding hydrogens is 266 g/mol. The van der Waals surface area contributed by atoms with Crippen molar-refractivity contribution in [3.8, 4) is 17.1 Å². The number of pyridine rings is 1. The number of aromatic nitrogens is 3. The fourth-order valence-electron chi connectivity index (χ4n) is 2.10. The highest BCUT2D eigenvalue weighted by atomic mass is 16.5. The van der Waals surface area contributed by atoms with E-state index in [1.54, 1.807) is 18.3 Å². The van der Waals surface area contributed by atoms with Crippen LogP contribution in [0.5, 0.6) is 5.75 Å². The van der Waals surface area contributed by atoms with E-state index in [4.69, 9.17) is 4.74 Å². The third kappa shape index (κ3) is 2.63. The van der Waals surface area contributed by atoms with Crippen LogP contribution >= 0.6 is 0 Å². The van der Waals surface area contributed by atoms with Gasteiger partial charge in [0.25, 0.3) is 5.56 Å². The van der Waals surface area contributed by atoms with Crippen molar-refractivity contribution in [3.05, 3.63) is 52.9 Å². The maximum Gasteiger partial charge on any atom is 0.260 e. The standard InChI is InChI=1S/C16H15N3O2/c1-2-10-21-13-8-4-3-6-11(13)15-18-14-12(16(20)19-15)7-5-9-17-14/h3-9H,2,10H2,1H3,(H,17,18,19,20). The molecule has 0 bridgehead atoms. The molecule has 0 aliphatic heterocycles. The number of H-pyrrole nitrogens is 1. The Balaban J connectivity index is 2.14. The van der Waals surface area contributed by atoms with E-state index in [2.05, 4.69) is 15.0 Å². The maximum absolute atomic E-state index is 12.1. The van der Waals surface area contributed by atoms with Gasteiger partial charge in [0.2, 0.25) is 0 Å². The first-order chi connectivity index (χ1) is 10.3. The molecule has 0 aliphatic carbocycles. The smallest absolute Gasteiger partial charge is 0.260 e. The van der Waals surface area contributed by atoms with E-state index in [1.807, 2.05) is 31.2 Å². The Morgan fingerprint density at radius 1 is 1.19 bits per heavy atom. The predicted octanol–water partition coefficient (Wildman–Crippen LogP) is 2.77. The Bertz CT molecular complexity index is 827. The van der Waals surface area contributed by atoms with Gasteiger partial charge in [-0.25, -0.2) is 9.97 Å². The lowest BCUT2D eigenvalue weighted by atomic mass is 10.2. The predicted molar refractivity (Wildman–Crippen MR) is 81.4 cm³/mol. The van der Waals surface area contributed by atoms with Crippen LogP contribution in [-0.2, 0) is 0 Å². The molecule has 0 fully saturated rings. The number of ether oxygens (including phenoxy) is 1. The Labute approximate surface area is 121 Å². The fraction of sp³-hybridized carbons (Fsp3) is 0.188. The Kier molecular flexibility index (Phi) is 3.64. The Morgan fingerprint density at radius 2 is 2.05 bits per heavy atom. The number of nitrogens with zero attached hydrogens (tertiary/aromatic N) is 2. The summed E-state index contributed by atoms with van der Waals surface area (Å²) in [7, 11) is 0. The highest BCUT2D eigenvalue weighted by molar-refractivity contribution is 5.76. The highest BCUT2D eigenvalue weighted by Crippen LogP contribution is 2.27. The lowest BCUT2D eigenvalue weighted by Crippen LogP contribution is -2.10. The normalized spacial score (nSPS) is 10.7. The van der Waals surface area contributed by atoms with E-state index < -0.39 is 0 Å². The first-order valence-corrected chi connectivity index (χ1v) is 6.87. The number of benzene rings is 1. The minimum absolute atomic E-state index is 0.201. The van der Waals surface area contributed by atoms with E-state index >= 15 is 0 Å². The summed E-state index contributed by atoms with van der Waals surface area (Å²) in [6, 6.07) is 10.9. The largest absolute Gasteiger partial charge is 0.493 e. The molecule has 21 heavy (non-hydrogen) atoms. The first-order valence-electron chi connectivity index (χ1n) is 6.87. The molecule has 0 aliphatic rings. The van der Waals surface area contributed by atoms with E-state index in [0.29, 0.717) is 29.2 Å². The van der Waals surface area contributed by atoms with Crippen molar-refractivity contribution in [3.63, 3.8) is 0 Å². The molecule has 0 atom stereocenters. The zero-order chi connectivity index (χ0) is 14.7. The van der Waals surface area contributed by atoms with Gasteiger partial charge in [-0.3, -0.25) is 4.79 Å². The number of aromatic amines is 1. The summed E-state index contributed by atoms with van der Waals surface area (Å²) in [5.74, 6) is 1.18. The molecule has 3 rings (SSSR count). The van der Waals surface area contributed by atoms with E-state index in [9.17, 15) is 4.79 Å². The lowest BCUT2D eigenvalue weighted by Gasteiger charge is -2.10. The molecule has 2 heterocycles. The van der Waals surface area contributed by atoms with Crippen molar-refractivity contribution < 1.29 is 4.74 Å². The molecule has 0 saturated heterocycles. The van der Waals surface area contributed by atoms with Crippen LogP contribution in [0.25, 0.3) is 22.4 Å². The first kappa shape index (κ1) is 13.3. The van der Waals surface area contributed by atoms with Gasteiger partial charge in [0.1, 0.15) is 11.6 Å². The van der Waals surface area contributed by atoms with Gasteiger partial charge in [-0.1, -0.05) is 19.1 Å². The van der Waals surface area contributed by atoms with Crippen molar-refractivity contribution >= 4 is 11.0 Å². The minimum atomic E-state index is -0.201. The van der Waals surface area contributed by atoms with Crippen LogP contribution in [0.3, 0.4) is 0 Å². The summed E-state index contributed by atoms with van der Waals surface area (Å²) in [5.41, 5.74) is 0.991. The Hall–Kier alpha value is -2.69. The molecule has 0 radical (unpaired) electrons. The number of hydrogen-bond donors (Lipinski definition) is 1. The second-order valence-corrected chi connectivity index (χ2v) is 4.63. The van der Waals surface area contributed by atoms with Crippen LogP contribution in [0.1, 0.15) is 13.3 Å². The number of hydrogen-bond acceptors (Lipinski definition) is 4. The quantitative estimate of drug-likeness (QED) is 0.798. The molecule has 5 heteroatoms. The molecule has 0 amide bonds. The van der Waals surface area contributed by atoms with Gasteiger partial charge < -0.3 is 9.72 Å². The van der Waals surface area contributed by atoms with Gasteiger partial charge in [-0.05, 0) is 30.7 Å². The van der Waals surface area contributed by atoms with Gasteiger partial charge >= 0.3 is 0 Å². The molecule has 3 aromatic rings. The van der Waals surface area contributed by atoms with Gasteiger partial charge in [0.05, 0.1) is 17.6 Å². The number of para-hydroxylation sites is 1. The number of rotatable bonds is 4. The minimum Gasteiger partial charge on any atom is -0.493 e. The zero-order valence-corrected chi connectivity index (χ0v) is 11.7. The second kappa shape index (κ2) is 5.75. The molecule has 0 saturated carbocycles. The van der Waals surface area contributed by atoms with Gasteiger partial charge in [0, 0.05) is 6.20 Å². The average molecular weight is 281 g/mol. The second-order valence-electron chi connectivity index (χ2n) is 4.63. The highest BCUT2D eigenvalue weighted by Gasteiger charge is 2.10. The van der Waals surface area contributed by atoms with Gasteiger partial charge in [-0.15, -0.1) is 0 Å². The van der Waals surface area contributed by atoms with Crippen LogP contribution in [0.2, 0.25) is 0 Å². The van der Waals surface area contributed by atoms with Crippen molar-refractivity contribution in [2.24, 2.45) is 0 Å². The van der Waals surface area contributed by atoms with E-state index in [0.717, 1.165) is 12.0 Å². The lowest BCUT2D eigenvalue weighted by molar-refractivity contribution is 0.318. The van der Waals surface area contributed by atoms with Crippen LogP contribution < -0.4 is 10.3 Å². The average Bonchev–Trinajstić information content (AvgIpc) is 2.53. The monoisotopic (exact) mass is 281 g/mol. The van der Waals surface area contributed by atoms with Crippen molar-refractivity contribution in [1.29, 1.82) is 0 Å². The van der Waals surface area contributed by atoms with Crippen molar-refractivity contribution in [2.75, 3.05) is 6.61 Å². The topological polar surface area (TPSA) is 67.9 Å². The fourth-order valence-corrected chi connectivity index (χ4v) is 2.10. The molecule has 0 unspecified atom stereocenters. The van der Waals surface area contributed by atoms with Crippen LogP contribution in [-0.4, -0.2) is 21.6 Å². The van der Waals surface area contributed by atoms with Crippen LogP contribution in [0.15, 0.2) is 47.4 Å². The summed E-state index contributed by atoms with van der Waals surface area (Å²) in [5, 5.41) is 0.480. The van der Waals surface area contributed by atoms with Crippen molar-refractivity contribution in [1.82, 2.24) is 15.0 Å². The molecule has 1 aromatic carbocycles. The third-order valence-corrected chi connectivity index (χ3v) is 3.08. The van der Waals surface area contributed by atoms with Crippen LogP contribution in [0.4, 0.5) is 0 Å².